The van der Waals surface area contributed by atoms with Gasteiger partial charge in [0.1, 0.15) is 12.1 Å². The molecule has 0 bridgehead atoms. The van der Waals surface area contributed by atoms with E-state index in [1.165, 1.54) is 11.9 Å². The zero-order valence-electron chi connectivity index (χ0n) is 14.5. The van der Waals surface area contributed by atoms with Gasteiger partial charge in [-0.3, -0.25) is 4.68 Å². The summed E-state index contributed by atoms with van der Waals surface area (Å²) in [6.07, 6.45) is 2.73. The van der Waals surface area contributed by atoms with Gasteiger partial charge in [0.05, 0.1) is 11.5 Å². The molecule has 3 rings (SSSR count). The second kappa shape index (κ2) is 6.20. The lowest BCUT2D eigenvalue weighted by Gasteiger charge is -2.20. The maximum Gasteiger partial charge on any atom is 0.186 e. The summed E-state index contributed by atoms with van der Waals surface area (Å²) in [7, 11) is 1.84. The van der Waals surface area contributed by atoms with Gasteiger partial charge >= 0.3 is 0 Å². The van der Waals surface area contributed by atoms with Crippen LogP contribution in [0.15, 0.2) is 36.8 Å². The first-order chi connectivity index (χ1) is 11.3. The van der Waals surface area contributed by atoms with Gasteiger partial charge in [-0.15, -0.1) is 0 Å². The SMILES string of the molecule is Cn1cc2c(NCC(O)c3ccc(C(C)(C)C)cc3)ncnc2n1. The summed E-state index contributed by atoms with van der Waals surface area (Å²) < 4.78 is 1.70. The van der Waals surface area contributed by atoms with Gasteiger partial charge in [0.25, 0.3) is 0 Å². The normalized spacial score (nSPS) is 13.2. The topological polar surface area (TPSA) is 75.9 Å². The van der Waals surface area contributed by atoms with Crippen molar-refractivity contribution in [2.24, 2.45) is 7.05 Å². The molecule has 0 radical (unpaired) electrons. The molecule has 0 aliphatic carbocycles. The van der Waals surface area contributed by atoms with Gasteiger partial charge in [0.2, 0.25) is 0 Å². The Labute approximate surface area is 141 Å². The molecular formula is C18H23N5O. The van der Waals surface area contributed by atoms with Crippen LogP contribution in [0.1, 0.15) is 38.0 Å². The van der Waals surface area contributed by atoms with Crippen LogP contribution in [-0.2, 0) is 12.5 Å². The molecule has 1 aromatic carbocycles. The van der Waals surface area contributed by atoms with Crippen molar-refractivity contribution in [3.8, 4) is 0 Å². The Kier molecular flexibility index (Phi) is 4.24. The number of aromatic nitrogens is 4. The lowest BCUT2D eigenvalue weighted by molar-refractivity contribution is 0.191. The molecule has 24 heavy (non-hydrogen) atoms. The predicted molar refractivity (Wildman–Crippen MR) is 94.9 cm³/mol. The monoisotopic (exact) mass is 325 g/mol. The van der Waals surface area contributed by atoms with E-state index in [0.717, 1.165) is 10.9 Å². The molecule has 6 nitrogen and oxygen atoms in total. The van der Waals surface area contributed by atoms with Crippen LogP contribution in [0, 0.1) is 0 Å². The first-order valence-corrected chi connectivity index (χ1v) is 8.01. The standard InChI is InChI=1S/C18H23N5O/c1-18(2,3)13-7-5-12(6-8-13)15(24)9-19-16-14-10-23(4)22-17(14)21-11-20-16/h5-8,10-11,15,24H,9H2,1-4H3,(H,19,20,21,22). The van der Waals surface area contributed by atoms with Gasteiger partial charge in [0, 0.05) is 19.8 Å². The summed E-state index contributed by atoms with van der Waals surface area (Å²) in [6, 6.07) is 8.10. The molecule has 0 fully saturated rings. The average Bonchev–Trinajstić information content (AvgIpc) is 2.92. The van der Waals surface area contributed by atoms with Gasteiger partial charge in [-0.05, 0) is 16.5 Å². The minimum absolute atomic E-state index is 0.106. The molecule has 2 heterocycles. The highest BCUT2D eigenvalue weighted by atomic mass is 16.3. The molecule has 0 spiro atoms. The van der Waals surface area contributed by atoms with Crippen molar-refractivity contribution < 1.29 is 5.11 Å². The van der Waals surface area contributed by atoms with E-state index in [2.05, 4.69) is 53.3 Å². The quantitative estimate of drug-likeness (QED) is 0.771. The molecule has 0 saturated heterocycles. The molecule has 1 unspecified atom stereocenters. The Morgan fingerprint density at radius 2 is 1.88 bits per heavy atom. The minimum Gasteiger partial charge on any atom is -0.387 e. The minimum atomic E-state index is -0.610. The van der Waals surface area contributed by atoms with Crippen molar-refractivity contribution in [3.05, 3.63) is 47.9 Å². The van der Waals surface area contributed by atoms with Crippen molar-refractivity contribution in [3.63, 3.8) is 0 Å². The van der Waals surface area contributed by atoms with Crippen LogP contribution in [0.2, 0.25) is 0 Å². The second-order valence-electron chi connectivity index (χ2n) is 7.03. The predicted octanol–water partition coefficient (Wildman–Crippen LogP) is 2.81. The Balaban J connectivity index is 1.71. The highest BCUT2D eigenvalue weighted by Crippen LogP contribution is 2.24. The Morgan fingerprint density at radius 1 is 1.17 bits per heavy atom. The van der Waals surface area contributed by atoms with Gasteiger partial charge < -0.3 is 10.4 Å². The number of nitrogens with one attached hydrogen (secondary N) is 1. The summed E-state index contributed by atoms with van der Waals surface area (Å²) in [5.74, 6) is 0.679. The van der Waals surface area contributed by atoms with E-state index in [-0.39, 0.29) is 5.41 Å². The third kappa shape index (κ3) is 3.38. The fourth-order valence-corrected chi connectivity index (χ4v) is 2.61. The first-order valence-electron chi connectivity index (χ1n) is 8.01. The Bertz CT molecular complexity index is 833. The van der Waals surface area contributed by atoms with E-state index in [0.29, 0.717) is 18.0 Å². The third-order valence-electron chi connectivity index (χ3n) is 4.06. The summed E-state index contributed by atoms with van der Waals surface area (Å²) >= 11 is 0. The smallest absolute Gasteiger partial charge is 0.186 e. The molecular weight excluding hydrogens is 302 g/mol. The number of nitrogens with zero attached hydrogens (tertiary/aromatic N) is 4. The second-order valence-corrected chi connectivity index (χ2v) is 7.03. The molecule has 126 valence electrons. The largest absolute Gasteiger partial charge is 0.387 e. The van der Waals surface area contributed by atoms with Crippen molar-refractivity contribution in [2.45, 2.75) is 32.3 Å². The Hall–Kier alpha value is -2.47. The Morgan fingerprint density at radius 3 is 2.54 bits per heavy atom. The van der Waals surface area contributed by atoms with Crippen LogP contribution in [0.25, 0.3) is 11.0 Å². The van der Waals surface area contributed by atoms with Crippen molar-refractivity contribution >= 4 is 16.9 Å². The molecule has 1 atom stereocenters. The highest BCUT2D eigenvalue weighted by molar-refractivity contribution is 5.85. The van der Waals surface area contributed by atoms with Crippen LogP contribution in [0.4, 0.5) is 5.82 Å². The maximum atomic E-state index is 10.4. The summed E-state index contributed by atoms with van der Waals surface area (Å²) in [5.41, 5.74) is 2.87. The molecule has 2 aromatic heterocycles. The zero-order chi connectivity index (χ0) is 17.3. The number of aliphatic hydroxyl groups is 1. The van der Waals surface area contributed by atoms with Crippen molar-refractivity contribution in [2.75, 3.05) is 11.9 Å². The summed E-state index contributed by atoms with van der Waals surface area (Å²) in [5, 5.41) is 18.7. The van der Waals surface area contributed by atoms with Crippen LogP contribution < -0.4 is 5.32 Å². The van der Waals surface area contributed by atoms with Crippen molar-refractivity contribution in [1.29, 1.82) is 0 Å². The van der Waals surface area contributed by atoms with Crippen LogP contribution >= 0.6 is 0 Å². The first kappa shape index (κ1) is 16.4. The number of aryl methyl sites for hydroxylation is 1. The fraction of sp³-hybridized carbons (Fsp3) is 0.389. The third-order valence-corrected chi connectivity index (χ3v) is 4.06. The van der Waals surface area contributed by atoms with E-state index >= 15 is 0 Å². The number of hydrogen-bond donors (Lipinski definition) is 2. The zero-order valence-corrected chi connectivity index (χ0v) is 14.5. The number of hydrogen-bond acceptors (Lipinski definition) is 5. The average molecular weight is 325 g/mol. The van der Waals surface area contributed by atoms with Gasteiger partial charge in [-0.2, -0.15) is 5.10 Å². The molecule has 6 heteroatoms. The van der Waals surface area contributed by atoms with E-state index in [9.17, 15) is 5.11 Å². The van der Waals surface area contributed by atoms with E-state index in [1.807, 2.05) is 25.4 Å². The molecule has 0 amide bonds. The van der Waals surface area contributed by atoms with Gasteiger partial charge in [0.15, 0.2) is 5.65 Å². The highest BCUT2D eigenvalue weighted by Gasteiger charge is 2.15. The number of aliphatic hydroxyl groups excluding tert-OH is 1. The van der Waals surface area contributed by atoms with Gasteiger partial charge in [-0.25, -0.2) is 9.97 Å². The van der Waals surface area contributed by atoms with Crippen molar-refractivity contribution in [1.82, 2.24) is 19.7 Å². The molecule has 0 aliphatic heterocycles. The number of benzene rings is 1. The number of rotatable bonds is 4. The number of anilines is 1. The molecule has 0 saturated carbocycles. The lowest BCUT2D eigenvalue weighted by atomic mass is 9.86. The van der Waals surface area contributed by atoms with E-state index < -0.39 is 6.10 Å². The summed E-state index contributed by atoms with van der Waals surface area (Å²) in [6.45, 7) is 6.90. The van der Waals surface area contributed by atoms with Gasteiger partial charge in [-0.1, -0.05) is 45.0 Å². The maximum absolute atomic E-state index is 10.4. The lowest BCUT2D eigenvalue weighted by Crippen LogP contribution is -2.14. The number of fused-ring (bicyclic) bond motifs is 1. The van der Waals surface area contributed by atoms with E-state index in [1.54, 1.807) is 4.68 Å². The van der Waals surface area contributed by atoms with E-state index in [4.69, 9.17) is 0 Å². The molecule has 3 aromatic rings. The fourth-order valence-electron chi connectivity index (χ4n) is 2.61. The summed E-state index contributed by atoms with van der Waals surface area (Å²) in [4.78, 5) is 8.38. The molecule has 0 aliphatic rings. The van der Waals surface area contributed by atoms with Crippen LogP contribution in [0.3, 0.4) is 0 Å². The van der Waals surface area contributed by atoms with Crippen LogP contribution in [-0.4, -0.2) is 31.4 Å². The molecule has 2 N–H and O–H groups in total. The van der Waals surface area contributed by atoms with Crippen LogP contribution in [0.5, 0.6) is 0 Å².